The first-order valence-electron chi connectivity index (χ1n) is 12.1. The molecule has 0 bridgehead atoms. The van der Waals surface area contributed by atoms with Gasteiger partial charge in [-0.25, -0.2) is 4.98 Å². The van der Waals surface area contributed by atoms with Gasteiger partial charge in [-0.2, -0.15) is 0 Å². The first-order chi connectivity index (χ1) is 18.6. The van der Waals surface area contributed by atoms with Crippen molar-refractivity contribution in [1.82, 2.24) is 19.7 Å². The third-order valence-electron chi connectivity index (χ3n) is 6.07. The second-order valence-electron chi connectivity index (χ2n) is 8.60. The number of rotatable bonds is 10. The molecule has 0 aliphatic heterocycles. The molecule has 9 heteroatoms. The number of hydrogen-bond donors (Lipinski definition) is 1. The molecular formula is C29H27N5O2S2. The lowest BCUT2D eigenvalue weighted by atomic mass is 10.0. The second-order valence-corrected chi connectivity index (χ2v) is 10.7. The molecule has 0 saturated carbocycles. The Balaban J connectivity index is 1.26. The van der Waals surface area contributed by atoms with Gasteiger partial charge in [-0.15, -0.1) is 28.1 Å². The van der Waals surface area contributed by atoms with E-state index in [1.54, 1.807) is 7.11 Å². The molecule has 38 heavy (non-hydrogen) atoms. The fourth-order valence-electron chi connectivity index (χ4n) is 4.24. The van der Waals surface area contributed by atoms with Crippen LogP contribution in [-0.2, 0) is 17.8 Å². The van der Waals surface area contributed by atoms with Crippen LogP contribution in [0.1, 0.15) is 16.3 Å². The Hall–Kier alpha value is -3.95. The summed E-state index contributed by atoms with van der Waals surface area (Å²) in [6.45, 7) is 6.45. The molecule has 0 aliphatic carbocycles. The van der Waals surface area contributed by atoms with Crippen molar-refractivity contribution < 1.29 is 9.53 Å². The van der Waals surface area contributed by atoms with Crippen LogP contribution in [0, 0.1) is 6.92 Å². The number of benzene rings is 3. The number of thioether (sulfide) groups is 1. The number of amides is 1. The summed E-state index contributed by atoms with van der Waals surface area (Å²) in [4.78, 5) is 18.5. The highest BCUT2D eigenvalue weighted by Gasteiger charge is 2.17. The molecule has 0 saturated heterocycles. The van der Waals surface area contributed by atoms with E-state index in [1.165, 1.54) is 39.4 Å². The Bertz CT molecular complexity index is 1590. The molecule has 1 N–H and O–H groups in total. The van der Waals surface area contributed by atoms with Gasteiger partial charge in [0.25, 0.3) is 0 Å². The highest BCUT2D eigenvalue weighted by Crippen LogP contribution is 2.31. The molecule has 5 rings (SSSR count). The zero-order valence-corrected chi connectivity index (χ0v) is 22.8. The minimum Gasteiger partial charge on any atom is -0.497 e. The van der Waals surface area contributed by atoms with Gasteiger partial charge in [-0.1, -0.05) is 60.3 Å². The van der Waals surface area contributed by atoms with Crippen molar-refractivity contribution in [2.45, 2.75) is 25.0 Å². The molecule has 1 amide bonds. The number of anilines is 1. The zero-order valence-electron chi connectivity index (χ0n) is 21.2. The molecule has 5 aromatic rings. The molecule has 0 spiro atoms. The largest absolute Gasteiger partial charge is 0.497 e. The number of allylic oxidation sites excluding steroid dienone is 1. The number of nitrogens with zero attached hydrogens (tertiary/aromatic N) is 4. The van der Waals surface area contributed by atoms with Crippen molar-refractivity contribution in [3.05, 3.63) is 95.6 Å². The van der Waals surface area contributed by atoms with Crippen LogP contribution in [-0.4, -0.2) is 38.5 Å². The SMILES string of the molecule is C=CCn1c(Cc2cccc3ccccc23)nnc1SCC(=O)Nc1nc(-c2ccc(OC)cc2)c(C)s1. The van der Waals surface area contributed by atoms with Crippen molar-refractivity contribution in [1.29, 1.82) is 0 Å². The van der Waals surface area contributed by atoms with Gasteiger partial charge in [0.2, 0.25) is 5.91 Å². The standard InChI is InChI=1S/C29H27N5O2S2/c1-4-16-34-25(17-22-10-7-9-20-8-5-6-11-24(20)22)32-33-29(34)37-18-26(35)30-28-31-27(19(2)38-28)21-12-14-23(36-3)15-13-21/h4-15H,1,16-18H2,2-3H3,(H,30,31,35). The van der Waals surface area contributed by atoms with Gasteiger partial charge in [0.1, 0.15) is 11.6 Å². The number of aromatic nitrogens is 4. The number of carbonyl (C=O) groups excluding carboxylic acids is 1. The average molecular weight is 542 g/mol. The predicted octanol–water partition coefficient (Wildman–Crippen LogP) is 6.38. The van der Waals surface area contributed by atoms with Crippen LogP contribution in [0.5, 0.6) is 5.75 Å². The third-order valence-corrected chi connectivity index (χ3v) is 7.93. The summed E-state index contributed by atoms with van der Waals surface area (Å²) in [5, 5.41) is 15.4. The molecule has 0 unspecified atom stereocenters. The van der Waals surface area contributed by atoms with E-state index in [1.807, 2.05) is 54.0 Å². The average Bonchev–Trinajstić information content (AvgIpc) is 3.50. The summed E-state index contributed by atoms with van der Waals surface area (Å²) < 4.78 is 7.25. The van der Waals surface area contributed by atoms with Crippen LogP contribution in [0.3, 0.4) is 0 Å². The molecule has 2 aromatic heterocycles. The Morgan fingerprint density at radius 1 is 1.11 bits per heavy atom. The first kappa shape index (κ1) is 25.7. The van der Waals surface area contributed by atoms with Gasteiger partial charge in [0.05, 0.1) is 18.6 Å². The lowest BCUT2D eigenvalue weighted by molar-refractivity contribution is -0.113. The van der Waals surface area contributed by atoms with Gasteiger partial charge in [0, 0.05) is 23.4 Å². The number of thiazole rings is 1. The summed E-state index contributed by atoms with van der Waals surface area (Å²) in [6.07, 6.45) is 2.46. The van der Waals surface area contributed by atoms with Crippen LogP contribution in [0.15, 0.2) is 84.5 Å². The smallest absolute Gasteiger partial charge is 0.236 e. The van der Waals surface area contributed by atoms with Gasteiger partial charge in [-0.05, 0) is 47.5 Å². The number of nitrogens with one attached hydrogen (secondary N) is 1. The quantitative estimate of drug-likeness (QED) is 0.163. The molecule has 192 valence electrons. The molecular weight excluding hydrogens is 514 g/mol. The Morgan fingerprint density at radius 3 is 2.68 bits per heavy atom. The van der Waals surface area contributed by atoms with E-state index >= 15 is 0 Å². The molecule has 0 aliphatic rings. The highest BCUT2D eigenvalue weighted by atomic mass is 32.2. The van der Waals surface area contributed by atoms with E-state index in [-0.39, 0.29) is 11.7 Å². The number of hydrogen-bond acceptors (Lipinski definition) is 7. The summed E-state index contributed by atoms with van der Waals surface area (Å²) in [5.41, 5.74) is 3.01. The maximum atomic E-state index is 12.8. The van der Waals surface area contributed by atoms with E-state index < -0.39 is 0 Å². The van der Waals surface area contributed by atoms with Crippen molar-refractivity contribution in [3.63, 3.8) is 0 Å². The van der Waals surface area contributed by atoms with E-state index in [9.17, 15) is 4.79 Å². The van der Waals surface area contributed by atoms with Gasteiger partial charge < -0.3 is 14.6 Å². The maximum Gasteiger partial charge on any atom is 0.236 e. The summed E-state index contributed by atoms with van der Waals surface area (Å²) >= 11 is 2.81. The fourth-order valence-corrected chi connectivity index (χ4v) is 5.86. The number of methoxy groups -OCH3 is 1. The highest BCUT2D eigenvalue weighted by molar-refractivity contribution is 7.99. The molecule has 7 nitrogen and oxygen atoms in total. The molecule has 0 atom stereocenters. The predicted molar refractivity (Wildman–Crippen MR) is 155 cm³/mol. The zero-order chi connectivity index (χ0) is 26.5. The molecule has 0 radical (unpaired) electrons. The monoisotopic (exact) mass is 541 g/mol. The summed E-state index contributed by atoms with van der Waals surface area (Å²) in [6, 6.07) is 22.3. The number of ether oxygens (including phenoxy) is 1. The van der Waals surface area contributed by atoms with E-state index in [2.05, 4.69) is 57.4 Å². The van der Waals surface area contributed by atoms with Crippen LogP contribution < -0.4 is 10.1 Å². The minimum absolute atomic E-state index is 0.145. The number of carbonyl (C=O) groups is 1. The molecule has 0 fully saturated rings. The van der Waals surface area contributed by atoms with Crippen molar-refractivity contribution >= 4 is 44.9 Å². The number of aryl methyl sites for hydroxylation is 1. The lowest BCUT2D eigenvalue weighted by Gasteiger charge is -2.09. The van der Waals surface area contributed by atoms with E-state index in [4.69, 9.17) is 4.74 Å². The van der Waals surface area contributed by atoms with Crippen LogP contribution in [0.25, 0.3) is 22.0 Å². The van der Waals surface area contributed by atoms with Crippen molar-refractivity contribution in [2.24, 2.45) is 0 Å². The third kappa shape index (κ3) is 5.64. The van der Waals surface area contributed by atoms with Gasteiger partial charge in [0.15, 0.2) is 10.3 Å². The van der Waals surface area contributed by atoms with Crippen LogP contribution in [0.4, 0.5) is 5.13 Å². The van der Waals surface area contributed by atoms with E-state index in [0.29, 0.717) is 23.3 Å². The fraction of sp³-hybridized carbons (Fsp3) is 0.172. The Kier molecular flexibility index (Phi) is 7.86. The second kappa shape index (κ2) is 11.6. The van der Waals surface area contributed by atoms with Crippen LogP contribution in [0.2, 0.25) is 0 Å². The normalized spacial score (nSPS) is 11.0. The molecule has 3 aromatic carbocycles. The Labute approximate surface area is 229 Å². The Morgan fingerprint density at radius 2 is 1.89 bits per heavy atom. The topological polar surface area (TPSA) is 81.9 Å². The van der Waals surface area contributed by atoms with Gasteiger partial charge >= 0.3 is 0 Å². The van der Waals surface area contributed by atoms with Crippen molar-refractivity contribution in [2.75, 3.05) is 18.2 Å². The minimum atomic E-state index is -0.145. The maximum absolute atomic E-state index is 12.8. The van der Waals surface area contributed by atoms with E-state index in [0.717, 1.165) is 27.7 Å². The van der Waals surface area contributed by atoms with Crippen LogP contribution >= 0.6 is 23.1 Å². The first-order valence-corrected chi connectivity index (χ1v) is 13.9. The molecule has 2 heterocycles. The summed E-state index contributed by atoms with van der Waals surface area (Å²) in [7, 11) is 1.64. The lowest BCUT2D eigenvalue weighted by Crippen LogP contribution is -2.14. The summed E-state index contributed by atoms with van der Waals surface area (Å²) in [5.74, 6) is 1.68. The van der Waals surface area contributed by atoms with Gasteiger partial charge in [-0.3, -0.25) is 4.79 Å². The van der Waals surface area contributed by atoms with Crippen molar-refractivity contribution in [3.8, 4) is 17.0 Å². The number of fused-ring (bicyclic) bond motifs is 1.